The van der Waals surface area contributed by atoms with Crippen LogP contribution in [0.1, 0.15) is 5.56 Å². The molecule has 0 radical (unpaired) electrons. The van der Waals surface area contributed by atoms with Gasteiger partial charge in [-0.15, -0.1) is 5.10 Å². The first-order valence-corrected chi connectivity index (χ1v) is 7.40. The van der Waals surface area contributed by atoms with Gasteiger partial charge >= 0.3 is 6.18 Å². The third-order valence-electron chi connectivity index (χ3n) is 2.33. The van der Waals surface area contributed by atoms with E-state index in [1.165, 1.54) is 6.07 Å². The van der Waals surface area contributed by atoms with Gasteiger partial charge in [0.1, 0.15) is 5.82 Å². The number of hydrogen-bond donors (Lipinski definition) is 1. The number of aryl methyl sites for hydroxylation is 1. The van der Waals surface area contributed by atoms with E-state index >= 15 is 0 Å². The number of hydrogen-bond acceptors (Lipinski definition) is 3. The summed E-state index contributed by atoms with van der Waals surface area (Å²) in [6, 6.07) is 2.92. The zero-order valence-electron chi connectivity index (χ0n) is 10.1. The van der Waals surface area contributed by atoms with Gasteiger partial charge in [-0.1, -0.05) is 11.8 Å². The summed E-state index contributed by atoms with van der Waals surface area (Å²) in [7, 11) is 0. The van der Waals surface area contributed by atoms with E-state index < -0.39 is 17.7 Å². The van der Waals surface area contributed by atoms with Crippen LogP contribution in [0.2, 0.25) is 0 Å². The lowest BCUT2D eigenvalue weighted by Gasteiger charge is -2.03. The summed E-state index contributed by atoms with van der Waals surface area (Å²) in [5.41, 5.74) is 0.962. The number of thioether (sulfide) groups is 1. The number of alkyl halides is 3. The van der Waals surface area contributed by atoms with Crippen molar-refractivity contribution >= 4 is 34.4 Å². The maximum atomic E-state index is 13.8. The highest BCUT2D eigenvalue weighted by atomic mass is 127. The van der Waals surface area contributed by atoms with Crippen molar-refractivity contribution in [2.75, 3.05) is 5.75 Å². The number of rotatable bonds is 3. The molecule has 0 aliphatic carbocycles. The average Bonchev–Trinajstić information content (AvgIpc) is 2.79. The molecule has 1 aromatic heterocycles. The zero-order valence-corrected chi connectivity index (χ0v) is 13.0. The van der Waals surface area contributed by atoms with Crippen LogP contribution in [0.15, 0.2) is 17.3 Å². The smallest absolute Gasteiger partial charge is 0.258 e. The molecule has 0 fully saturated rings. The molecule has 108 valence electrons. The number of nitrogens with one attached hydrogen (secondary N) is 1. The highest BCUT2D eigenvalue weighted by molar-refractivity contribution is 14.1. The van der Waals surface area contributed by atoms with Crippen LogP contribution in [-0.2, 0) is 0 Å². The summed E-state index contributed by atoms with van der Waals surface area (Å²) in [6.45, 7) is 1.76. The van der Waals surface area contributed by atoms with Crippen LogP contribution in [-0.4, -0.2) is 27.1 Å². The monoisotopic (exact) mass is 417 g/mol. The maximum Gasteiger partial charge on any atom is 0.398 e. The van der Waals surface area contributed by atoms with Gasteiger partial charge in [-0.3, -0.25) is 5.10 Å². The van der Waals surface area contributed by atoms with E-state index in [-0.39, 0.29) is 16.5 Å². The van der Waals surface area contributed by atoms with Crippen LogP contribution < -0.4 is 0 Å². The summed E-state index contributed by atoms with van der Waals surface area (Å²) >= 11 is 2.50. The van der Waals surface area contributed by atoms with Crippen molar-refractivity contribution in [2.24, 2.45) is 0 Å². The van der Waals surface area contributed by atoms with Crippen molar-refractivity contribution in [1.29, 1.82) is 0 Å². The molecule has 20 heavy (non-hydrogen) atoms. The Bertz CT molecular complexity index is 627. The molecule has 2 rings (SSSR count). The standard InChI is InChI=1S/C11H8F4IN3S/c1-5-2-7(12)6(3-8(5)16)9-17-10(19-18-9)20-4-11(13,14)15/h2-3H,4H2,1H3,(H,17,18,19). The molecule has 1 aromatic carbocycles. The van der Waals surface area contributed by atoms with E-state index in [0.29, 0.717) is 11.8 Å². The number of nitrogens with zero attached hydrogens (tertiary/aromatic N) is 2. The van der Waals surface area contributed by atoms with Gasteiger partial charge in [-0.25, -0.2) is 9.37 Å². The highest BCUT2D eigenvalue weighted by Crippen LogP contribution is 2.28. The predicted molar refractivity (Wildman–Crippen MR) is 76.0 cm³/mol. The Morgan fingerprint density at radius 3 is 2.70 bits per heavy atom. The van der Waals surface area contributed by atoms with Gasteiger partial charge in [-0.2, -0.15) is 13.2 Å². The van der Waals surface area contributed by atoms with E-state index in [4.69, 9.17) is 0 Å². The molecule has 1 heterocycles. The molecule has 1 N–H and O–H groups in total. The molecular weight excluding hydrogens is 409 g/mol. The molecule has 2 aromatic rings. The largest absolute Gasteiger partial charge is 0.398 e. The van der Waals surface area contributed by atoms with Crippen LogP contribution in [0.3, 0.4) is 0 Å². The van der Waals surface area contributed by atoms with Crippen LogP contribution in [0.25, 0.3) is 11.4 Å². The van der Waals surface area contributed by atoms with Gasteiger partial charge in [0.2, 0.25) is 5.16 Å². The molecule has 0 amide bonds. The summed E-state index contributed by atoms with van der Waals surface area (Å²) in [5.74, 6) is -1.46. The Hall–Kier alpha value is -0.840. The van der Waals surface area contributed by atoms with Gasteiger partial charge in [0.05, 0.1) is 11.3 Å². The number of aromatic amines is 1. The minimum absolute atomic E-state index is 0.0627. The Labute approximate surface area is 129 Å². The quantitative estimate of drug-likeness (QED) is 0.463. The molecule has 0 saturated carbocycles. The highest BCUT2D eigenvalue weighted by Gasteiger charge is 2.28. The second-order valence-corrected chi connectivity index (χ2v) is 6.06. The SMILES string of the molecule is Cc1cc(F)c(-c2nc(SCC(F)(F)F)n[nH]2)cc1I. The summed E-state index contributed by atoms with van der Waals surface area (Å²) in [6.07, 6.45) is -4.30. The third-order valence-corrected chi connectivity index (χ3v) is 4.41. The fourth-order valence-corrected chi connectivity index (χ4v) is 2.43. The van der Waals surface area contributed by atoms with E-state index in [0.717, 1.165) is 9.13 Å². The van der Waals surface area contributed by atoms with Crippen molar-refractivity contribution in [1.82, 2.24) is 15.2 Å². The maximum absolute atomic E-state index is 13.8. The van der Waals surface area contributed by atoms with Crippen molar-refractivity contribution in [3.63, 3.8) is 0 Å². The molecule has 0 spiro atoms. The lowest BCUT2D eigenvalue weighted by Crippen LogP contribution is -2.10. The van der Waals surface area contributed by atoms with Crippen molar-refractivity contribution in [2.45, 2.75) is 18.3 Å². The first-order chi connectivity index (χ1) is 9.26. The lowest BCUT2D eigenvalue weighted by molar-refractivity contribution is -0.105. The molecule has 0 aliphatic rings. The minimum Gasteiger partial charge on any atom is -0.258 e. The normalized spacial score (nSPS) is 11.9. The molecule has 0 atom stereocenters. The summed E-state index contributed by atoms with van der Waals surface area (Å²) in [4.78, 5) is 3.87. The van der Waals surface area contributed by atoms with Crippen molar-refractivity contribution < 1.29 is 17.6 Å². The van der Waals surface area contributed by atoms with E-state index in [1.807, 2.05) is 22.6 Å². The van der Waals surface area contributed by atoms with Crippen LogP contribution in [0.4, 0.5) is 17.6 Å². The predicted octanol–water partition coefficient (Wildman–Crippen LogP) is 4.18. The molecule has 0 bridgehead atoms. The van der Waals surface area contributed by atoms with Gasteiger partial charge in [0, 0.05) is 3.57 Å². The Morgan fingerprint density at radius 2 is 2.05 bits per heavy atom. The summed E-state index contributed by atoms with van der Waals surface area (Å²) < 4.78 is 50.9. The van der Waals surface area contributed by atoms with Crippen molar-refractivity contribution in [3.05, 3.63) is 27.1 Å². The minimum atomic E-state index is -4.30. The third kappa shape index (κ3) is 3.84. The van der Waals surface area contributed by atoms with Crippen LogP contribution in [0, 0.1) is 16.3 Å². The molecule has 3 nitrogen and oxygen atoms in total. The number of halogens is 5. The Balaban J connectivity index is 2.23. The number of H-pyrrole nitrogens is 1. The Morgan fingerprint density at radius 1 is 1.35 bits per heavy atom. The first-order valence-electron chi connectivity index (χ1n) is 5.34. The van der Waals surface area contributed by atoms with Gasteiger partial charge < -0.3 is 0 Å². The first kappa shape index (κ1) is 15.5. The van der Waals surface area contributed by atoms with E-state index in [1.54, 1.807) is 13.0 Å². The van der Waals surface area contributed by atoms with E-state index in [9.17, 15) is 17.6 Å². The Kier molecular flexibility index (Phi) is 4.57. The van der Waals surface area contributed by atoms with Crippen LogP contribution in [0.5, 0.6) is 0 Å². The van der Waals surface area contributed by atoms with Gasteiger partial charge in [0.25, 0.3) is 0 Å². The summed E-state index contributed by atoms with van der Waals surface area (Å²) in [5, 5.41) is 6.04. The second kappa shape index (κ2) is 5.88. The van der Waals surface area contributed by atoms with E-state index in [2.05, 4.69) is 15.2 Å². The molecule has 0 unspecified atom stereocenters. The topological polar surface area (TPSA) is 41.6 Å². The average molecular weight is 417 g/mol. The number of aromatic nitrogens is 3. The lowest BCUT2D eigenvalue weighted by atomic mass is 10.1. The number of benzene rings is 1. The molecule has 9 heteroatoms. The fraction of sp³-hybridized carbons (Fsp3) is 0.273. The molecule has 0 aliphatic heterocycles. The fourth-order valence-electron chi connectivity index (χ4n) is 1.41. The van der Waals surface area contributed by atoms with Gasteiger partial charge in [0.15, 0.2) is 5.82 Å². The van der Waals surface area contributed by atoms with Gasteiger partial charge in [-0.05, 0) is 47.2 Å². The second-order valence-electron chi connectivity index (χ2n) is 3.95. The van der Waals surface area contributed by atoms with Crippen molar-refractivity contribution in [3.8, 4) is 11.4 Å². The van der Waals surface area contributed by atoms with Crippen LogP contribution >= 0.6 is 34.4 Å². The zero-order chi connectivity index (χ0) is 14.9. The molecular formula is C11H8F4IN3S. The molecule has 0 saturated heterocycles.